The molecule has 0 radical (unpaired) electrons. The maximum absolute atomic E-state index is 11.6. The van der Waals surface area contributed by atoms with Crippen molar-refractivity contribution >= 4 is 5.91 Å². The predicted molar refractivity (Wildman–Crippen MR) is 68.2 cm³/mol. The second kappa shape index (κ2) is 7.79. The molecule has 5 heteroatoms. The van der Waals surface area contributed by atoms with Gasteiger partial charge >= 0.3 is 0 Å². The topological polar surface area (TPSA) is 60.5 Å². The van der Waals surface area contributed by atoms with Gasteiger partial charge in [-0.1, -0.05) is 6.07 Å². The number of aryl methyl sites for hydroxylation is 1. The Morgan fingerprint density at radius 1 is 1.44 bits per heavy atom. The third-order valence-electron chi connectivity index (χ3n) is 2.48. The summed E-state index contributed by atoms with van der Waals surface area (Å²) in [6.45, 7) is 4.80. The normalized spacial score (nSPS) is 12.2. The molecule has 0 saturated heterocycles. The zero-order valence-electron chi connectivity index (χ0n) is 11.1. The Hall–Kier alpha value is -1.46. The molecule has 100 valence electrons. The Bertz CT molecular complexity index is 365. The summed E-state index contributed by atoms with van der Waals surface area (Å²) in [6.07, 6.45) is 1.77. The van der Waals surface area contributed by atoms with E-state index in [1.165, 1.54) is 0 Å². The van der Waals surface area contributed by atoms with Crippen LogP contribution in [0.25, 0.3) is 0 Å². The fourth-order valence-corrected chi connectivity index (χ4v) is 1.41. The molecule has 0 bridgehead atoms. The van der Waals surface area contributed by atoms with E-state index in [1.54, 1.807) is 13.3 Å². The molecule has 1 aromatic rings. The first-order chi connectivity index (χ1) is 8.63. The van der Waals surface area contributed by atoms with Gasteiger partial charge in [0.15, 0.2) is 0 Å². The monoisotopic (exact) mass is 252 g/mol. The number of amides is 1. The first-order valence-electron chi connectivity index (χ1n) is 5.92. The smallest absolute Gasteiger partial charge is 0.246 e. The highest BCUT2D eigenvalue weighted by Gasteiger charge is 2.09. The fourth-order valence-electron chi connectivity index (χ4n) is 1.41. The van der Waals surface area contributed by atoms with Crippen LogP contribution in [0.5, 0.6) is 0 Å². The Morgan fingerprint density at radius 2 is 2.22 bits per heavy atom. The number of aromatic nitrogens is 1. The molecule has 18 heavy (non-hydrogen) atoms. The zero-order chi connectivity index (χ0) is 13.4. The van der Waals surface area contributed by atoms with Gasteiger partial charge in [-0.05, 0) is 25.5 Å². The molecular formula is C13H20N2O3. The molecule has 1 aromatic heterocycles. The minimum Gasteiger partial charge on any atom is -0.382 e. The van der Waals surface area contributed by atoms with E-state index in [9.17, 15) is 4.79 Å². The molecular weight excluding hydrogens is 232 g/mol. The number of hydrogen-bond donors (Lipinski definition) is 1. The van der Waals surface area contributed by atoms with Crippen molar-refractivity contribution in [1.29, 1.82) is 0 Å². The number of hydrogen-bond acceptors (Lipinski definition) is 4. The van der Waals surface area contributed by atoms with E-state index in [0.717, 1.165) is 11.3 Å². The third-order valence-corrected chi connectivity index (χ3v) is 2.48. The molecule has 1 N–H and O–H groups in total. The van der Waals surface area contributed by atoms with Gasteiger partial charge in [0.2, 0.25) is 5.91 Å². The van der Waals surface area contributed by atoms with Crippen LogP contribution in [-0.2, 0) is 14.3 Å². The SMILES string of the molecule is COCCOCC(=O)N[C@H](C)c1ccc(C)nc1. The zero-order valence-corrected chi connectivity index (χ0v) is 11.1. The van der Waals surface area contributed by atoms with E-state index >= 15 is 0 Å². The van der Waals surface area contributed by atoms with Crippen molar-refractivity contribution in [3.8, 4) is 0 Å². The largest absolute Gasteiger partial charge is 0.382 e. The molecule has 0 aliphatic carbocycles. The van der Waals surface area contributed by atoms with E-state index in [-0.39, 0.29) is 18.6 Å². The van der Waals surface area contributed by atoms with Crippen LogP contribution in [0.2, 0.25) is 0 Å². The number of nitrogens with zero attached hydrogens (tertiary/aromatic N) is 1. The average Bonchev–Trinajstić information content (AvgIpc) is 2.35. The number of methoxy groups -OCH3 is 1. The van der Waals surface area contributed by atoms with Crippen LogP contribution in [0.4, 0.5) is 0 Å². The summed E-state index contributed by atoms with van der Waals surface area (Å²) in [7, 11) is 1.59. The lowest BCUT2D eigenvalue weighted by molar-refractivity contribution is -0.126. The molecule has 0 fully saturated rings. The molecule has 0 aliphatic heterocycles. The molecule has 1 rings (SSSR count). The van der Waals surface area contributed by atoms with Crippen LogP contribution in [-0.4, -0.2) is 37.8 Å². The van der Waals surface area contributed by atoms with E-state index in [0.29, 0.717) is 13.2 Å². The molecule has 0 aliphatic rings. The molecule has 5 nitrogen and oxygen atoms in total. The average molecular weight is 252 g/mol. The Kier molecular flexibility index (Phi) is 6.32. The van der Waals surface area contributed by atoms with Crippen LogP contribution >= 0.6 is 0 Å². The molecule has 0 aromatic carbocycles. The van der Waals surface area contributed by atoms with Gasteiger partial charge < -0.3 is 14.8 Å². The van der Waals surface area contributed by atoms with Crippen molar-refractivity contribution in [2.45, 2.75) is 19.9 Å². The summed E-state index contributed by atoms with van der Waals surface area (Å²) < 4.78 is 9.96. The van der Waals surface area contributed by atoms with Gasteiger partial charge in [-0.15, -0.1) is 0 Å². The quantitative estimate of drug-likeness (QED) is 0.741. The lowest BCUT2D eigenvalue weighted by Gasteiger charge is -2.14. The van der Waals surface area contributed by atoms with Gasteiger partial charge in [-0.3, -0.25) is 9.78 Å². The van der Waals surface area contributed by atoms with Gasteiger partial charge in [0.1, 0.15) is 6.61 Å². The minimum atomic E-state index is -0.140. The second-order valence-corrected chi connectivity index (χ2v) is 4.07. The van der Waals surface area contributed by atoms with Gasteiger partial charge in [0, 0.05) is 19.0 Å². The summed E-state index contributed by atoms with van der Waals surface area (Å²) in [5.41, 5.74) is 1.94. The van der Waals surface area contributed by atoms with E-state index in [4.69, 9.17) is 9.47 Å². The number of pyridine rings is 1. The summed E-state index contributed by atoms with van der Waals surface area (Å²) in [5.74, 6) is -0.140. The number of ether oxygens (including phenoxy) is 2. The molecule has 1 heterocycles. The lowest BCUT2D eigenvalue weighted by Crippen LogP contribution is -2.30. The van der Waals surface area contributed by atoms with Crippen LogP contribution in [0, 0.1) is 6.92 Å². The van der Waals surface area contributed by atoms with Gasteiger partial charge in [-0.25, -0.2) is 0 Å². The van der Waals surface area contributed by atoms with Crippen LogP contribution in [0.3, 0.4) is 0 Å². The molecule has 0 saturated carbocycles. The number of carbonyl (C=O) groups excluding carboxylic acids is 1. The number of rotatable bonds is 7. The minimum absolute atomic E-state index is 0.0486. The maximum Gasteiger partial charge on any atom is 0.246 e. The Morgan fingerprint density at radius 3 is 2.83 bits per heavy atom. The third kappa shape index (κ3) is 5.25. The van der Waals surface area contributed by atoms with Crippen molar-refractivity contribution in [3.05, 3.63) is 29.6 Å². The van der Waals surface area contributed by atoms with E-state index < -0.39 is 0 Å². The van der Waals surface area contributed by atoms with Crippen molar-refractivity contribution in [3.63, 3.8) is 0 Å². The van der Waals surface area contributed by atoms with Gasteiger partial charge in [0.25, 0.3) is 0 Å². The summed E-state index contributed by atoms with van der Waals surface area (Å²) in [4.78, 5) is 15.8. The first-order valence-corrected chi connectivity index (χ1v) is 5.92. The summed E-state index contributed by atoms with van der Waals surface area (Å²) >= 11 is 0. The highest BCUT2D eigenvalue weighted by atomic mass is 16.5. The van der Waals surface area contributed by atoms with E-state index in [2.05, 4.69) is 10.3 Å². The van der Waals surface area contributed by atoms with E-state index in [1.807, 2.05) is 26.0 Å². The highest BCUT2D eigenvalue weighted by molar-refractivity contribution is 5.77. The maximum atomic E-state index is 11.6. The number of carbonyl (C=O) groups is 1. The molecule has 1 amide bonds. The fraction of sp³-hybridized carbons (Fsp3) is 0.538. The van der Waals surface area contributed by atoms with Crippen LogP contribution in [0.1, 0.15) is 24.2 Å². The molecule has 0 unspecified atom stereocenters. The summed E-state index contributed by atoms with van der Waals surface area (Å²) in [5, 5.41) is 2.85. The van der Waals surface area contributed by atoms with Crippen molar-refractivity contribution in [2.75, 3.05) is 26.9 Å². The standard InChI is InChI=1S/C13H20N2O3/c1-10-4-5-12(8-14-10)11(2)15-13(16)9-18-7-6-17-3/h4-5,8,11H,6-7,9H2,1-3H3,(H,15,16)/t11-/m1/s1. The van der Waals surface area contributed by atoms with Crippen LogP contribution in [0.15, 0.2) is 18.3 Å². The first kappa shape index (κ1) is 14.6. The van der Waals surface area contributed by atoms with Gasteiger partial charge in [0.05, 0.1) is 19.3 Å². The van der Waals surface area contributed by atoms with Gasteiger partial charge in [-0.2, -0.15) is 0 Å². The Labute approximate surface area is 108 Å². The van der Waals surface area contributed by atoms with Crippen molar-refractivity contribution in [1.82, 2.24) is 10.3 Å². The summed E-state index contributed by atoms with van der Waals surface area (Å²) in [6, 6.07) is 3.81. The lowest BCUT2D eigenvalue weighted by atomic mass is 10.1. The van der Waals surface area contributed by atoms with Crippen molar-refractivity contribution < 1.29 is 14.3 Å². The molecule has 1 atom stereocenters. The van der Waals surface area contributed by atoms with Crippen molar-refractivity contribution in [2.24, 2.45) is 0 Å². The van der Waals surface area contributed by atoms with Crippen LogP contribution < -0.4 is 5.32 Å². The second-order valence-electron chi connectivity index (χ2n) is 4.07. The Balaban J connectivity index is 2.33. The highest BCUT2D eigenvalue weighted by Crippen LogP contribution is 2.10. The molecule has 0 spiro atoms. The number of nitrogens with one attached hydrogen (secondary N) is 1. The predicted octanol–water partition coefficient (Wildman–Crippen LogP) is 1.23.